The molecule has 0 spiro atoms. The second-order valence-corrected chi connectivity index (χ2v) is 3.19. The molecule has 1 aromatic carbocycles. The van der Waals surface area contributed by atoms with Crippen molar-refractivity contribution in [1.29, 1.82) is 0 Å². The molecule has 0 saturated carbocycles. The highest BCUT2D eigenvalue weighted by atomic mass is 14.5. The zero-order valence-electron chi connectivity index (χ0n) is 8.38. The molecular weight excluding hydrogens is 158 g/mol. The maximum atomic E-state index is 5.50. The number of benzene rings is 1. The number of hydrogen-bond acceptors (Lipinski definition) is 1. The summed E-state index contributed by atoms with van der Waals surface area (Å²) in [4.78, 5) is 0. The van der Waals surface area contributed by atoms with Crippen molar-refractivity contribution in [3.05, 3.63) is 41.5 Å². The first-order chi connectivity index (χ1) is 6.27. The molecule has 1 heteroatoms. The second-order valence-electron chi connectivity index (χ2n) is 3.19. The Hall–Kier alpha value is -1.08. The molecule has 2 N–H and O–H groups in total. The molecule has 1 rings (SSSR count). The van der Waals surface area contributed by atoms with Crippen LogP contribution in [0.4, 0.5) is 0 Å². The van der Waals surface area contributed by atoms with E-state index in [-0.39, 0.29) is 0 Å². The number of aryl methyl sites for hydroxylation is 1. The molecule has 0 radical (unpaired) electrons. The Bertz CT molecular complexity index is 300. The first-order valence-electron chi connectivity index (χ1n) is 4.74. The van der Waals surface area contributed by atoms with Crippen molar-refractivity contribution in [2.75, 3.05) is 6.54 Å². The van der Waals surface area contributed by atoms with Gasteiger partial charge in [-0.15, -0.1) is 0 Å². The topological polar surface area (TPSA) is 26.0 Å². The van der Waals surface area contributed by atoms with E-state index >= 15 is 0 Å². The van der Waals surface area contributed by atoms with Crippen LogP contribution in [0.5, 0.6) is 0 Å². The summed E-state index contributed by atoms with van der Waals surface area (Å²) in [6.45, 7) is 4.89. The van der Waals surface area contributed by atoms with Crippen LogP contribution in [0.3, 0.4) is 0 Å². The Morgan fingerprint density at radius 3 is 2.77 bits per heavy atom. The molecule has 0 unspecified atom stereocenters. The SMILES string of the molecule is CC/C(=C/CN)c1cccc(C)c1. The lowest BCUT2D eigenvalue weighted by Crippen LogP contribution is -1.95. The number of hydrogen-bond donors (Lipinski definition) is 1. The van der Waals surface area contributed by atoms with Gasteiger partial charge in [0.1, 0.15) is 0 Å². The van der Waals surface area contributed by atoms with Crippen LogP contribution in [0, 0.1) is 6.92 Å². The highest BCUT2D eigenvalue weighted by Gasteiger charge is 1.97. The molecule has 0 bridgehead atoms. The zero-order chi connectivity index (χ0) is 9.68. The molecule has 13 heavy (non-hydrogen) atoms. The molecule has 0 aromatic heterocycles. The van der Waals surface area contributed by atoms with Crippen molar-refractivity contribution in [1.82, 2.24) is 0 Å². The molecule has 1 aromatic rings. The third kappa shape index (κ3) is 2.71. The maximum Gasteiger partial charge on any atom is 0.0112 e. The number of nitrogens with two attached hydrogens (primary N) is 1. The Morgan fingerprint density at radius 1 is 1.46 bits per heavy atom. The summed E-state index contributed by atoms with van der Waals surface area (Å²) in [5, 5.41) is 0. The summed E-state index contributed by atoms with van der Waals surface area (Å²) in [5.41, 5.74) is 9.44. The van der Waals surface area contributed by atoms with E-state index in [1.165, 1.54) is 16.7 Å². The third-order valence-electron chi connectivity index (χ3n) is 2.13. The highest BCUT2D eigenvalue weighted by molar-refractivity contribution is 5.65. The van der Waals surface area contributed by atoms with Crippen LogP contribution in [-0.4, -0.2) is 6.54 Å². The number of allylic oxidation sites excluding steroid dienone is 1. The van der Waals surface area contributed by atoms with Crippen LogP contribution < -0.4 is 5.73 Å². The van der Waals surface area contributed by atoms with Crippen molar-refractivity contribution in [3.8, 4) is 0 Å². The summed E-state index contributed by atoms with van der Waals surface area (Å²) in [7, 11) is 0. The van der Waals surface area contributed by atoms with E-state index in [1.54, 1.807) is 0 Å². The van der Waals surface area contributed by atoms with Crippen LogP contribution >= 0.6 is 0 Å². The van der Waals surface area contributed by atoms with Crippen molar-refractivity contribution in [2.24, 2.45) is 5.73 Å². The molecule has 0 aliphatic carbocycles. The Kier molecular flexibility index (Phi) is 3.71. The van der Waals surface area contributed by atoms with E-state index < -0.39 is 0 Å². The summed E-state index contributed by atoms with van der Waals surface area (Å²) in [6, 6.07) is 8.53. The maximum absolute atomic E-state index is 5.50. The molecular formula is C12H17N. The summed E-state index contributed by atoms with van der Waals surface area (Å²) < 4.78 is 0. The molecule has 0 heterocycles. The van der Waals surface area contributed by atoms with Crippen molar-refractivity contribution in [3.63, 3.8) is 0 Å². The van der Waals surface area contributed by atoms with Gasteiger partial charge < -0.3 is 5.73 Å². The Labute approximate surface area is 80.3 Å². The zero-order valence-corrected chi connectivity index (χ0v) is 8.38. The first kappa shape index (κ1) is 10.0. The van der Waals surface area contributed by atoms with Crippen LogP contribution in [0.25, 0.3) is 5.57 Å². The van der Waals surface area contributed by atoms with Gasteiger partial charge in [0.25, 0.3) is 0 Å². The predicted molar refractivity (Wildman–Crippen MR) is 58.5 cm³/mol. The second kappa shape index (κ2) is 4.83. The minimum atomic E-state index is 0.622. The quantitative estimate of drug-likeness (QED) is 0.751. The summed E-state index contributed by atoms with van der Waals surface area (Å²) >= 11 is 0. The van der Waals surface area contributed by atoms with E-state index in [4.69, 9.17) is 5.73 Å². The fraction of sp³-hybridized carbons (Fsp3) is 0.333. The van der Waals surface area contributed by atoms with Crippen molar-refractivity contribution < 1.29 is 0 Å². The van der Waals surface area contributed by atoms with Gasteiger partial charge in [0, 0.05) is 6.54 Å². The molecule has 0 aliphatic heterocycles. The van der Waals surface area contributed by atoms with Gasteiger partial charge in [0.2, 0.25) is 0 Å². The smallest absolute Gasteiger partial charge is 0.0112 e. The van der Waals surface area contributed by atoms with E-state index in [0.717, 1.165) is 6.42 Å². The minimum Gasteiger partial charge on any atom is -0.327 e. The summed E-state index contributed by atoms with van der Waals surface area (Å²) in [5.74, 6) is 0. The Balaban J connectivity index is 2.98. The number of rotatable bonds is 3. The van der Waals surface area contributed by atoms with Gasteiger partial charge in [-0.25, -0.2) is 0 Å². The predicted octanol–water partition coefficient (Wildman–Crippen LogP) is 2.75. The molecule has 0 aliphatic rings. The van der Waals surface area contributed by atoms with Gasteiger partial charge in [0.15, 0.2) is 0 Å². The molecule has 0 atom stereocenters. The van der Waals surface area contributed by atoms with Crippen LogP contribution in [0.2, 0.25) is 0 Å². The minimum absolute atomic E-state index is 0.622. The third-order valence-corrected chi connectivity index (χ3v) is 2.13. The van der Waals surface area contributed by atoms with E-state index in [2.05, 4.69) is 44.2 Å². The highest BCUT2D eigenvalue weighted by Crippen LogP contribution is 2.18. The van der Waals surface area contributed by atoms with Crippen LogP contribution in [0.15, 0.2) is 30.3 Å². The van der Waals surface area contributed by atoms with E-state index in [9.17, 15) is 0 Å². The lowest BCUT2D eigenvalue weighted by molar-refractivity contribution is 1.19. The normalized spacial score (nSPS) is 11.8. The van der Waals surface area contributed by atoms with Gasteiger partial charge in [-0.2, -0.15) is 0 Å². The molecule has 0 saturated heterocycles. The molecule has 1 nitrogen and oxygen atoms in total. The average Bonchev–Trinajstić information content (AvgIpc) is 2.14. The average molecular weight is 175 g/mol. The van der Waals surface area contributed by atoms with Gasteiger partial charge in [0.05, 0.1) is 0 Å². The first-order valence-corrected chi connectivity index (χ1v) is 4.74. The van der Waals surface area contributed by atoms with E-state index in [0.29, 0.717) is 6.54 Å². The molecule has 0 amide bonds. The monoisotopic (exact) mass is 175 g/mol. The van der Waals surface area contributed by atoms with Crippen molar-refractivity contribution in [2.45, 2.75) is 20.3 Å². The Morgan fingerprint density at radius 2 is 2.23 bits per heavy atom. The fourth-order valence-corrected chi connectivity index (χ4v) is 1.45. The van der Waals surface area contributed by atoms with E-state index in [1.807, 2.05) is 0 Å². The van der Waals surface area contributed by atoms with Crippen LogP contribution in [0.1, 0.15) is 24.5 Å². The van der Waals surface area contributed by atoms with Crippen LogP contribution in [-0.2, 0) is 0 Å². The lowest BCUT2D eigenvalue weighted by atomic mass is 10.0. The standard InChI is InChI=1S/C12H17N/c1-3-11(7-8-13)12-6-4-5-10(2)9-12/h4-7,9H,3,8,13H2,1-2H3/b11-7-. The molecule has 70 valence electrons. The largest absolute Gasteiger partial charge is 0.327 e. The molecule has 0 fully saturated rings. The van der Waals surface area contributed by atoms with Gasteiger partial charge >= 0.3 is 0 Å². The van der Waals surface area contributed by atoms with Gasteiger partial charge in [-0.3, -0.25) is 0 Å². The van der Waals surface area contributed by atoms with Crippen molar-refractivity contribution >= 4 is 5.57 Å². The van der Waals surface area contributed by atoms with Gasteiger partial charge in [-0.1, -0.05) is 42.8 Å². The fourth-order valence-electron chi connectivity index (χ4n) is 1.45. The lowest BCUT2D eigenvalue weighted by Gasteiger charge is -2.05. The summed E-state index contributed by atoms with van der Waals surface area (Å²) in [6.07, 6.45) is 3.13. The van der Waals surface area contributed by atoms with Gasteiger partial charge in [-0.05, 0) is 24.5 Å².